The van der Waals surface area contributed by atoms with Crippen molar-refractivity contribution in [1.82, 2.24) is 10.2 Å². The zero-order valence-corrected chi connectivity index (χ0v) is 18.6. The van der Waals surface area contributed by atoms with E-state index in [1.807, 2.05) is 30.3 Å². The van der Waals surface area contributed by atoms with Crippen molar-refractivity contribution in [3.63, 3.8) is 0 Å². The molecule has 2 heterocycles. The Morgan fingerprint density at radius 2 is 1.79 bits per heavy atom. The van der Waals surface area contributed by atoms with Crippen molar-refractivity contribution in [3.8, 4) is 5.75 Å². The first-order chi connectivity index (χ1) is 16.5. The Morgan fingerprint density at radius 1 is 1.03 bits per heavy atom. The molecule has 4 aromatic rings. The maximum absolute atomic E-state index is 13.6. The smallest absolute Gasteiger partial charge is 0.242 e. The quantitative estimate of drug-likeness (QED) is 0.444. The summed E-state index contributed by atoms with van der Waals surface area (Å²) in [5.74, 6) is 0.480. The standard InChI is InChI=1S/C27H24FN3O3/c1-27(20-5-2-18(3-6-20)4-13-25-29-30-26(17-32)34-25)24-12-11-23(33)16-19(24)14-15-31(27)22-9-7-21(28)8-10-22/h2-13,16,32-33H,14-15,17H2,1H3/b13-4+. The van der Waals surface area contributed by atoms with E-state index in [9.17, 15) is 9.50 Å². The van der Waals surface area contributed by atoms with Gasteiger partial charge in [0.25, 0.3) is 0 Å². The highest BCUT2D eigenvalue weighted by Gasteiger charge is 2.40. The second-order valence-corrected chi connectivity index (χ2v) is 8.44. The third kappa shape index (κ3) is 3.95. The van der Waals surface area contributed by atoms with Gasteiger partial charge < -0.3 is 19.5 Å². The van der Waals surface area contributed by atoms with E-state index in [-0.39, 0.29) is 24.1 Å². The summed E-state index contributed by atoms with van der Waals surface area (Å²) in [7, 11) is 0. The van der Waals surface area contributed by atoms with E-state index in [4.69, 9.17) is 9.52 Å². The zero-order chi connectivity index (χ0) is 23.7. The summed E-state index contributed by atoms with van der Waals surface area (Å²) in [6.45, 7) is 2.59. The molecule has 7 heteroatoms. The number of halogens is 1. The molecule has 0 saturated heterocycles. The van der Waals surface area contributed by atoms with Gasteiger partial charge in [-0.05, 0) is 78.1 Å². The van der Waals surface area contributed by atoms with Crippen molar-refractivity contribution in [2.45, 2.75) is 25.5 Å². The molecule has 1 aromatic heterocycles. The predicted octanol–water partition coefficient (Wildman–Crippen LogP) is 4.90. The minimum absolute atomic E-state index is 0.172. The molecule has 0 bridgehead atoms. The fourth-order valence-corrected chi connectivity index (χ4v) is 4.67. The molecule has 1 aliphatic heterocycles. The number of rotatable bonds is 5. The molecule has 0 fully saturated rings. The van der Waals surface area contributed by atoms with Crippen LogP contribution < -0.4 is 4.90 Å². The number of phenols is 1. The number of aromatic nitrogens is 2. The van der Waals surface area contributed by atoms with Gasteiger partial charge in [0, 0.05) is 18.3 Å². The number of aliphatic hydroxyl groups excluding tert-OH is 1. The van der Waals surface area contributed by atoms with Crippen molar-refractivity contribution in [3.05, 3.63) is 107 Å². The first-order valence-electron chi connectivity index (χ1n) is 11.0. The molecule has 2 N–H and O–H groups in total. The van der Waals surface area contributed by atoms with Gasteiger partial charge in [-0.3, -0.25) is 0 Å². The SMILES string of the molecule is CC1(c2ccc(/C=C/c3nnc(CO)o3)cc2)c2ccc(O)cc2CCN1c1ccc(F)cc1. The third-order valence-electron chi connectivity index (χ3n) is 6.41. The molecule has 0 spiro atoms. The molecule has 6 nitrogen and oxygen atoms in total. The lowest BCUT2D eigenvalue weighted by Gasteiger charge is -2.48. The molecule has 0 aliphatic carbocycles. The molecular weight excluding hydrogens is 433 g/mol. The summed E-state index contributed by atoms with van der Waals surface area (Å²) in [5, 5.41) is 26.7. The molecule has 3 aromatic carbocycles. The molecule has 34 heavy (non-hydrogen) atoms. The number of hydrogen-bond donors (Lipinski definition) is 2. The first kappa shape index (κ1) is 21.9. The van der Waals surface area contributed by atoms with Crippen LogP contribution in [0.4, 0.5) is 10.1 Å². The Morgan fingerprint density at radius 3 is 2.50 bits per heavy atom. The Labute approximate surface area is 196 Å². The highest BCUT2D eigenvalue weighted by atomic mass is 19.1. The second-order valence-electron chi connectivity index (χ2n) is 8.44. The van der Waals surface area contributed by atoms with Crippen LogP contribution in [0.25, 0.3) is 12.2 Å². The number of aromatic hydroxyl groups is 1. The van der Waals surface area contributed by atoms with Crippen LogP contribution >= 0.6 is 0 Å². The summed E-state index contributed by atoms with van der Waals surface area (Å²) in [6.07, 6.45) is 4.34. The molecular formula is C27H24FN3O3. The van der Waals surface area contributed by atoms with Crippen LogP contribution in [-0.2, 0) is 18.6 Å². The zero-order valence-electron chi connectivity index (χ0n) is 18.6. The van der Waals surface area contributed by atoms with Crippen molar-refractivity contribution in [1.29, 1.82) is 0 Å². The summed E-state index contributed by atoms with van der Waals surface area (Å²) in [5.41, 5.74) is 4.63. The van der Waals surface area contributed by atoms with Crippen molar-refractivity contribution in [2.75, 3.05) is 11.4 Å². The predicted molar refractivity (Wildman–Crippen MR) is 128 cm³/mol. The fourth-order valence-electron chi connectivity index (χ4n) is 4.67. The molecule has 0 radical (unpaired) electrons. The maximum atomic E-state index is 13.6. The third-order valence-corrected chi connectivity index (χ3v) is 6.41. The van der Waals surface area contributed by atoms with Crippen molar-refractivity contribution in [2.24, 2.45) is 0 Å². The van der Waals surface area contributed by atoms with Crippen LogP contribution in [-0.4, -0.2) is 27.0 Å². The van der Waals surface area contributed by atoms with Gasteiger partial charge in [0.1, 0.15) is 18.2 Å². The van der Waals surface area contributed by atoms with Crippen LogP contribution in [0.2, 0.25) is 0 Å². The lowest BCUT2D eigenvalue weighted by Crippen LogP contribution is -2.49. The van der Waals surface area contributed by atoms with Crippen molar-refractivity contribution >= 4 is 17.8 Å². The van der Waals surface area contributed by atoms with E-state index in [1.165, 1.54) is 12.1 Å². The summed E-state index contributed by atoms with van der Waals surface area (Å²) in [4.78, 5) is 2.28. The van der Waals surface area contributed by atoms with Gasteiger partial charge in [-0.15, -0.1) is 10.2 Å². The average molecular weight is 458 g/mol. The normalized spacial score (nSPS) is 17.8. The van der Waals surface area contributed by atoms with E-state index < -0.39 is 5.54 Å². The van der Waals surface area contributed by atoms with Gasteiger partial charge in [-0.1, -0.05) is 30.3 Å². The lowest BCUT2D eigenvalue weighted by atomic mass is 9.76. The fraction of sp³-hybridized carbons (Fsp3) is 0.185. The van der Waals surface area contributed by atoms with Crippen LogP contribution in [0.3, 0.4) is 0 Å². The summed E-state index contributed by atoms with van der Waals surface area (Å²) in [6, 6.07) is 20.3. The number of aliphatic hydroxyl groups is 1. The number of phenolic OH excluding ortho intramolecular Hbond substituents is 1. The lowest BCUT2D eigenvalue weighted by molar-refractivity contribution is 0.239. The Balaban J connectivity index is 1.53. The number of benzene rings is 3. The summed E-state index contributed by atoms with van der Waals surface area (Å²) < 4.78 is 18.9. The van der Waals surface area contributed by atoms with Crippen LogP contribution in [0.1, 0.15) is 41.0 Å². The van der Waals surface area contributed by atoms with E-state index in [2.05, 4.69) is 34.2 Å². The van der Waals surface area contributed by atoms with Gasteiger partial charge in [-0.2, -0.15) is 0 Å². The molecule has 172 valence electrons. The number of hydrogen-bond acceptors (Lipinski definition) is 6. The van der Waals surface area contributed by atoms with Gasteiger partial charge in [0.15, 0.2) is 0 Å². The molecule has 1 unspecified atom stereocenters. The van der Waals surface area contributed by atoms with Crippen LogP contribution in [0.15, 0.2) is 71.1 Å². The average Bonchev–Trinajstić information content (AvgIpc) is 3.32. The summed E-state index contributed by atoms with van der Waals surface area (Å²) >= 11 is 0. The maximum Gasteiger partial charge on any atom is 0.242 e. The van der Waals surface area contributed by atoms with Gasteiger partial charge in [0.05, 0.1) is 5.54 Å². The molecule has 1 atom stereocenters. The monoisotopic (exact) mass is 457 g/mol. The van der Waals surface area contributed by atoms with Crippen molar-refractivity contribution < 1.29 is 19.0 Å². The first-order valence-corrected chi connectivity index (χ1v) is 11.0. The van der Waals surface area contributed by atoms with E-state index in [0.717, 1.165) is 40.9 Å². The van der Waals surface area contributed by atoms with E-state index in [1.54, 1.807) is 24.3 Å². The van der Waals surface area contributed by atoms with E-state index in [0.29, 0.717) is 5.89 Å². The van der Waals surface area contributed by atoms with Gasteiger partial charge in [0.2, 0.25) is 11.8 Å². The number of nitrogens with zero attached hydrogens (tertiary/aromatic N) is 3. The minimum Gasteiger partial charge on any atom is -0.508 e. The minimum atomic E-state index is -0.524. The number of anilines is 1. The molecule has 0 saturated carbocycles. The highest BCUT2D eigenvalue weighted by molar-refractivity contribution is 5.67. The van der Waals surface area contributed by atoms with Gasteiger partial charge in [-0.25, -0.2) is 4.39 Å². The topological polar surface area (TPSA) is 82.6 Å². The Bertz CT molecular complexity index is 1330. The second kappa shape index (κ2) is 8.76. The molecule has 1 aliphatic rings. The van der Waals surface area contributed by atoms with E-state index >= 15 is 0 Å². The molecule has 5 rings (SSSR count). The largest absolute Gasteiger partial charge is 0.508 e. The Kier molecular flexibility index (Phi) is 5.63. The highest BCUT2D eigenvalue weighted by Crippen LogP contribution is 2.44. The molecule has 0 amide bonds. The van der Waals surface area contributed by atoms with Gasteiger partial charge >= 0.3 is 0 Å². The van der Waals surface area contributed by atoms with Crippen LogP contribution in [0, 0.1) is 5.82 Å². The van der Waals surface area contributed by atoms with Crippen LogP contribution in [0.5, 0.6) is 5.75 Å². The Hall–Kier alpha value is -3.97. The number of fused-ring (bicyclic) bond motifs is 1.